The molecule has 3 rings (SSSR count). The fourth-order valence-corrected chi connectivity index (χ4v) is 3.55. The summed E-state index contributed by atoms with van der Waals surface area (Å²) in [5, 5.41) is 0. The number of amides is 3. The van der Waals surface area contributed by atoms with E-state index in [4.69, 9.17) is 4.74 Å². The lowest BCUT2D eigenvalue weighted by atomic mass is 10.1. The zero-order valence-corrected chi connectivity index (χ0v) is 15.9. The van der Waals surface area contributed by atoms with Crippen molar-refractivity contribution in [2.24, 2.45) is 0 Å². The van der Waals surface area contributed by atoms with Gasteiger partial charge in [-0.15, -0.1) is 0 Å². The zero-order valence-electron chi connectivity index (χ0n) is 15.9. The summed E-state index contributed by atoms with van der Waals surface area (Å²) in [6.07, 6.45) is 3.05. The van der Waals surface area contributed by atoms with Gasteiger partial charge in [0.25, 0.3) is 0 Å². The van der Waals surface area contributed by atoms with E-state index in [0.29, 0.717) is 52.1 Å². The maximum Gasteiger partial charge on any atom is 0.312 e. The number of nitrogens with zero attached hydrogens (tertiary/aromatic N) is 3. The maximum absolute atomic E-state index is 12.4. The Kier molecular flexibility index (Phi) is 6.32. The Morgan fingerprint density at radius 3 is 1.89 bits per heavy atom. The van der Waals surface area contributed by atoms with Crippen LogP contribution >= 0.6 is 0 Å². The number of ether oxygens (including phenoxy) is 1. The summed E-state index contributed by atoms with van der Waals surface area (Å²) in [5.41, 5.74) is 1.09. The van der Waals surface area contributed by atoms with Gasteiger partial charge in [-0.2, -0.15) is 0 Å². The molecule has 2 heterocycles. The van der Waals surface area contributed by atoms with Crippen molar-refractivity contribution in [3.63, 3.8) is 0 Å². The second-order valence-electron chi connectivity index (χ2n) is 7.02. The summed E-state index contributed by atoms with van der Waals surface area (Å²) in [4.78, 5) is 42.0. The Morgan fingerprint density at radius 1 is 0.815 bits per heavy atom. The minimum absolute atomic E-state index is 0.0868. The van der Waals surface area contributed by atoms with Crippen LogP contribution in [0.4, 0.5) is 0 Å². The van der Waals surface area contributed by atoms with E-state index < -0.39 is 11.8 Å². The smallest absolute Gasteiger partial charge is 0.312 e. The van der Waals surface area contributed by atoms with E-state index in [1.54, 1.807) is 21.8 Å². The summed E-state index contributed by atoms with van der Waals surface area (Å²) < 4.78 is 5.13. The lowest BCUT2D eigenvalue weighted by molar-refractivity contribution is -0.153. The first kappa shape index (κ1) is 19.2. The Bertz CT molecular complexity index is 675. The largest absolute Gasteiger partial charge is 0.497 e. The molecule has 1 aromatic carbocycles. The van der Waals surface area contributed by atoms with Gasteiger partial charge >= 0.3 is 11.8 Å². The van der Waals surface area contributed by atoms with Crippen molar-refractivity contribution in [1.29, 1.82) is 0 Å². The van der Waals surface area contributed by atoms with Crippen LogP contribution in [0.2, 0.25) is 0 Å². The van der Waals surface area contributed by atoms with Crippen LogP contribution in [0.5, 0.6) is 5.75 Å². The fraction of sp³-hybridized carbons (Fsp3) is 0.550. The standard InChI is InChI=1S/C20H27N3O4/c1-27-17-7-4-16(5-8-17)6-9-18(24)21-12-14-23(15-13-21)20(26)19(25)22-10-2-3-11-22/h4-5,7-8H,2-3,6,9-15H2,1H3. The van der Waals surface area contributed by atoms with Crippen molar-refractivity contribution >= 4 is 17.7 Å². The summed E-state index contributed by atoms with van der Waals surface area (Å²) in [6.45, 7) is 3.17. The summed E-state index contributed by atoms with van der Waals surface area (Å²) >= 11 is 0. The van der Waals surface area contributed by atoms with Crippen molar-refractivity contribution in [3.8, 4) is 5.75 Å². The van der Waals surface area contributed by atoms with Gasteiger partial charge in [0.1, 0.15) is 5.75 Å². The van der Waals surface area contributed by atoms with Crippen molar-refractivity contribution in [2.45, 2.75) is 25.7 Å². The molecule has 0 N–H and O–H groups in total. The van der Waals surface area contributed by atoms with Gasteiger partial charge < -0.3 is 19.4 Å². The fourth-order valence-electron chi connectivity index (χ4n) is 3.55. The number of carbonyl (C=O) groups is 3. The highest BCUT2D eigenvalue weighted by atomic mass is 16.5. The molecule has 0 bridgehead atoms. The first-order chi connectivity index (χ1) is 13.1. The van der Waals surface area contributed by atoms with E-state index in [0.717, 1.165) is 24.2 Å². The third kappa shape index (κ3) is 4.78. The number of hydrogen-bond donors (Lipinski definition) is 0. The normalized spacial score (nSPS) is 17.1. The summed E-state index contributed by atoms with van der Waals surface area (Å²) in [7, 11) is 1.63. The molecule has 0 radical (unpaired) electrons. The molecular formula is C20H27N3O4. The van der Waals surface area contributed by atoms with Gasteiger partial charge in [0.15, 0.2) is 0 Å². The van der Waals surface area contributed by atoms with Gasteiger partial charge in [-0.05, 0) is 37.0 Å². The number of benzene rings is 1. The van der Waals surface area contributed by atoms with Crippen LogP contribution in [-0.4, -0.2) is 78.8 Å². The van der Waals surface area contributed by atoms with Crippen LogP contribution in [0.25, 0.3) is 0 Å². The topological polar surface area (TPSA) is 70.2 Å². The number of carbonyl (C=O) groups excluding carboxylic acids is 3. The monoisotopic (exact) mass is 373 g/mol. The van der Waals surface area contributed by atoms with E-state index in [-0.39, 0.29) is 5.91 Å². The Morgan fingerprint density at radius 2 is 1.33 bits per heavy atom. The van der Waals surface area contributed by atoms with E-state index in [1.807, 2.05) is 24.3 Å². The predicted octanol–water partition coefficient (Wildman–Crippen LogP) is 0.921. The minimum atomic E-state index is -0.428. The lowest BCUT2D eigenvalue weighted by Gasteiger charge is -2.35. The van der Waals surface area contributed by atoms with Gasteiger partial charge in [0.2, 0.25) is 5.91 Å². The molecule has 2 fully saturated rings. The molecule has 146 valence electrons. The molecular weight excluding hydrogens is 346 g/mol. The highest BCUT2D eigenvalue weighted by molar-refractivity contribution is 6.35. The van der Waals surface area contributed by atoms with Crippen molar-refractivity contribution < 1.29 is 19.1 Å². The van der Waals surface area contributed by atoms with Crippen LogP contribution < -0.4 is 4.74 Å². The third-order valence-electron chi connectivity index (χ3n) is 5.28. The second-order valence-corrected chi connectivity index (χ2v) is 7.02. The zero-order chi connectivity index (χ0) is 19.2. The van der Waals surface area contributed by atoms with Gasteiger partial charge in [-0.3, -0.25) is 14.4 Å². The van der Waals surface area contributed by atoms with E-state index in [1.165, 1.54) is 0 Å². The number of hydrogen-bond acceptors (Lipinski definition) is 4. The van der Waals surface area contributed by atoms with E-state index in [2.05, 4.69) is 0 Å². The average molecular weight is 373 g/mol. The van der Waals surface area contributed by atoms with Crippen molar-refractivity contribution in [3.05, 3.63) is 29.8 Å². The van der Waals surface area contributed by atoms with Crippen LogP contribution in [0.15, 0.2) is 24.3 Å². The molecule has 0 saturated carbocycles. The molecule has 27 heavy (non-hydrogen) atoms. The molecule has 1 aromatic rings. The van der Waals surface area contributed by atoms with Crippen molar-refractivity contribution in [2.75, 3.05) is 46.4 Å². The molecule has 0 aromatic heterocycles. The van der Waals surface area contributed by atoms with Gasteiger partial charge in [0, 0.05) is 45.7 Å². The van der Waals surface area contributed by atoms with E-state index >= 15 is 0 Å². The average Bonchev–Trinajstić information content (AvgIpc) is 3.26. The predicted molar refractivity (Wildman–Crippen MR) is 100 cm³/mol. The number of likely N-dealkylation sites (tertiary alicyclic amines) is 1. The van der Waals surface area contributed by atoms with Crippen molar-refractivity contribution in [1.82, 2.24) is 14.7 Å². The minimum Gasteiger partial charge on any atom is -0.497 e. The Hall–Kier alpha value is -2.57. The molecule has 0 unspecified atom stereocenters. The molecule has 0 aliphatic carbocycles. The van der Waals surface area contributed by atoms with Crippen LogP contribution in [0.3, 0.4) is 0 Å². The van der Waals surface area contributed by atoms with Crippen LogP contribution in [0, 0.1) is 0 Å². The maximum atomic E-state index is 12.4. The van der Waals surface area contributed by atoms with Crippen LogP contribution in [0.1, 0.15) is 24.8 Å². The first-order valence-electron chi connectivity index (χ1n) is 9.57. The van der Waals surface area contributed by atoms with Gasteiger partial charge in [-0.1, -0.05) is 12.1 Å². The highest BCUT2D eigenvalue weighted by Gasteiger charge is 2.31. The Balaban J connectivity index is 1.43. The van der Waals surface area contributed by atoms with Gasteiger partial charge in [-0.25, -0.2) is 0 Å². The van der Waals surface area contributed by atoms with Crippen LogP contribution in [-0.2, 0) is 20.8 Å². The van der Waals surface area contributed by atoms with E-state index in [9.17, 15) is 14.4 Å². The number of piperazine rings is 1. The SMILES string of the molecule is COc1ccc(CCC(=O)N2CCN(C(=O)C(=O)N3CCCC3)CC2)cc1. The lowest BCUT2D eigenvalue weighted by Crippen LogP contribution is -2.54. The quantitative estimate of drug-likeness (QED) is 0.736. The summed E-state index contributed by atoms with van der Waals surface area (Å²) in [6, 6.07) is 7.71. The highest BCUT2D eigenvalue weighted by Crippen LogP contribution is 2.14. The Labute approximate surface area is 159 Å². The molecule has 0 spiro atoms. The number of rotatable bonds is 4. The molecule has 2 aliphatic heterocycles. The second kappa shape index (κ2) is 8.88. The third-order valence-corrected chi connectivity index (χ3v) is 5.28. The number of methoxy groups -OCH3 is 1. The molecule has 3 amide bonds. The molecule has 7 nitrogen and oxygen atoms in total. The molecule has 0 atom stereocenters. The number of aryl methyl sites for hydroxylation is 1. The van der Waals surface area contributed by atoms with Gasteiger partial charge in [0.05, 0.1) is 7.11 Å². The molecule has 2 saturated heterocycles. The molecule has 2 aliphatic rings. The summed E-state index contributed by atoms with van der Waals surface area (Å²) in [5.74, 6) is 0.0622. The first-order valence-corrected chi connectivity index (χ1v) is 9.57. The molecule has 7 heteroatoms.